The van der Waals surface area contributed by atoms with Crippen molar-refractivity contribution in [3.05, 3.63) is 0 Å². The number of rotatable bonds is 4. The molecule has 1 atom stereocenters. The van der Waals surface area contributed by atoms with Gasteiger partial charge in [-0.2, -0.15) is 0 Å². The summed E-state index contributed by atoms with van der Waals surface area (Å²) in [7, 11) is 1.77. The van der Waals surface area contributed by atoms with Crippen LogP contribution in [0.5, 0.6) is 0 Å². The summed E-state index contributed by atoms with van der Waals surface area (Å²) in [5, 5.41) is 8.89. The second-order valence-corrected chi connectivity index (χ2v) is 4.04. The normalized spacial score (nSPS) is 22.6. The molecule has 0 aromatic rings. The van der Waals surface area contributed by atoms with E-state index in [0.29, 0.717) is 12.0 Å². The van der Waals surface area contributed by atoms with E-state index in [2.05, 4.69) is 0 Å². The molecule has 2 nitrogen and oxygen atoms in total. The molecule has 1 fully saturated rings. The molecule has 1 aliphatic carbocycles. The molecule has 78 valence electrons. The van der Waals surface area contributed by atoms with Crippen molar-refractivity contribution in [3.63, 3.8) is 0 Å². The highest BCUT2D eigenvalue weighted by Gasteiger charge is 2.21. The Kier molecular flexibility index (Phi) is 5.40. The zero-order chi connectivity index (χ0) is 9.52. The van der Waals surface area contributed by atoms with E-state index in [4.69, 9.17) is 9.84 Å². The molecule has 1 unspecified atom stereocenters. The summed E-state index contributed by atoms with van der Waals surface area (Å²) in [5.74, 6) is 0.694. The maximum atomic E-state index is 8.89. The van der Waals surface area contributed by atoms with Crippen LogP contribution in [0.15, 0.2) is 0 Å². The van der Waals surface area contributed by atoms with Gasteiger partial charge in [0.25, 0.3) is 0 Å². The Morgan fingerprint density at radius 1 is 1.23 bits per heavy atom. The second kappa shape index (κ2) is 6.39. The molecule has 0 heterocycles. The van der Waals surface area contributed by atoms with Gasteiger partial charge in [0.2, 0.25) is 0 Å². The fraction of sp³-hybridized carbons (Fsp3) is 1.00. The zero-order valence-electron chi connectivity index (χ0n) is 8.67. The Morgan fingerprint density at radius 3 is 2.31 bits per heavy atom. The van der Waals surface area contributed by atoms with Gasteiger partial charge in [-0.25, -0.2) is 0 Å². The molecule has 0 aromatic heterocycles. The SMILES string of the molecule is COC(CCO)C1CCCCCC1. The molecular formula is C11H22O2. The van der Waals surface area contributed by atoms with E-state index in [1.54, 1.807) is 7.11 Å². The average molecular weight is 186 g/mol. The quantitative estimate of drug-likeness (QED) is 0.683. The molecule has 0 saturated heterocycles. The van der Waals surface area contributed by atoms with E-state index in [9.17, 15) is 0 Å². The molecule has 1 aliphatic rings. The minimum Gasteiger partial charge on any atom is -0.396 e. The molecule has 2 heteroatoms. The first-order valence-corrected chi connectivity index (χ1v) is 5.52. The highest BCUT2D eigenvalue weighted by molar-refractivity contribution is 4.73. The van der Waals surface area contributed by atoms with E-state index >= 15 is 0 Å². The highest BCUT2D eigenvalue weighted by atomic mass is 16.5. The van der Waals surface area contributed by atoms with Gasteiger partial charge in [-0.15, -0.1) is 0 Å². The summed E-state index contributed by atoms with van der Waals surface area (Å²) in [4.78, 5) is 0. The number of ether oxygens (including phenoxy) is 1. The number of aliphatic hydroxyl groups excluding tert-OH is 1. The van der Waals surface area contributed by atoms with E-state index < -0.39 is 0 Å². The van der Waals surface area contributed by atoms with Gasteiger partial charge >= 0.3 is 0 Å². The molecule has 0 spiro atoms. The van der Waals surface area contributed by atoms with Gasteiger partial charge in [-0.3, -0.25) is 0 Å². The van der Waals surface area contributed by atoms with Crippen molar-refractivity contribution in [3.8, 4) is 0 Å². The van der Waals surface area contributed by atoms with Crippen LogP contribution in [0.1, 0.15) is 44.9 Å². The summed E-state index contributed by atoms with van der Waals surface area (Å²) in [6.07, 6.45) is 9.13. The minimum atomic E-state index is 0.259. The fourth-order valence-corrected chi connectivity index (χ4v) is 2.36. The van der Waals surface area contributed by atoms with Gasteiger partial charge < -0.3 is 9.84 Å². The molecule has 0 aromatic carbocycles. The molecule has 1 rings (SSSR count). The molecule has 0 bridgehead atoms. The van der Waals surface area contributed by atoms with Crippen molar-refractivity contribution in [2.75, 3.05) is 13.7 Å². The molecule has 0 amide bonds. The Morgan fingerprint density at radius 2 is 1.85 bits per heavy atom. The second-order valence-electron chi connectivity index (χ2n) is 4.04. The minimum absolute atomic E-state index is 0.259. The Balaban J connectivity index is 2.35. The Labute approximate surface area is 81.3 Å². The van der Waals surface area contributed by atoms with Crippen LogP contribution in [0.2, 0.25) is 0 Å². The van der Waals surface area contributed by atoms with Crippen molar-refractivity contribution in [2.45, 2.75) is 51.0 Å². The predicted molar refractivity (Wildman–Crippen MR) is 53.7 cm³/mol. The highest BCUT2D eigenvalue weighted by Crippen LogP contribution is 2.27. The Hall–Kier alpha value is -0.0800. The summed E-state index contributed by atoms with van der Waals surface area (Å²) in [6.45, 7) is 0.259. The van der Waals surface area contributed by atoms with E-state index in [0.717, 1.165) is 6.42 Å². The molecule has 1 N–H and O–H groups in total. The summed E-state index contributed by atoms with van der Waals surface area (Å²) >= 11 is 0. The van der Waals surface area contributed by atoms with Crippen molar-refractivity contribution in [2.24, 2.45) is 5.92 Å². The smallest absolute Gasteiger partial charge is 0.0621 e. The van der Waals surface area contributed by atoms with Gasteiger partial charge in [0.15, 0.2) is 0 Å². The number of hydrogen-bond acceptors (Lipinski definition) is 2. The van der Waals surface area contributed by atoms with Crippen LogP contribution in [0.3, 0.4) is 0 Å². The molecule has 1 saturated carbocycles. The van der Waals surface area contributed by atoms with Crippen molar-refractivity contribution < 1.29 is 9.84 Å². The fourth-order valence-electron chi connectivity index (χ4n) is 2.36. The maximum Gasteiger partial charge on any atom is 0.0621 e. The molecule has 0 aliphatic heterocycles. The molecular weight excluding hydrogens is 164 g/mol. The molecule has 13 heavy (non-hydrogen) atoms. The first-order chi connectivity index (χ1) is 6.38. The van der Waals surface area contributed by atoms with Gasteiger partial charge in [-0.1, -0.05) is 25.7 Å². The summed E-state index contributed by atoms with van der Waals surface area (Å²) in [6, 6.07) is 0. The van der Waals surface area contributed by atoms with E-state index in [-0.39, 0.29) is 6.61 Å². The monoisotopic (exact) mass is 186 g/mol. The standard InChI is InChI=1S/C11H22O2/c1-13-11(8-9-12)10-6-4-2-3-5-7-10/h10-12H,2-9H2,1H3. The van der Waals surface area contributed by atoms with Crippen LogP contribution in [0, 0.1) is 5.92 Å². The van der Waals surface area contributed by atoms with Crippen LogP contribution in [-0.4, -0.2) is 24.9 Å². The zero-order valence-corrected chi connectivity index (χ0v) is 8.67. The lowest BCUT2D eigenvalue weighted by Crippen LogP contribution is -2.23. The largest absolute Gasteiger partial charge is 0.396 e. The lowest BCUT2D eigenvalue weighted by atomic mass is 9.92. The third-order valence-corrected chi connectivity index (χ3v) is 3.14. The molecule has 0 radical (unpaired) electrons. The third-order valence-electron chi connectivity index (χ3n) is 3.14. The predicted octanol–water partition coefficient (Wildman–Crippen LogP) is 2.35. The lowest BCUT2D eigenvalue weighted by Gasteiger charge is -2.24. The van der Waals surface area contributed by atoms with Gasteiger partial charge in [0.05, 0.1) is 6.10 Å². The third kappa shape index (κ3) is 3.65. The van der Waals surface area contributed by atoms with Crippen LogP contribution < -0.4 is 0 Å². The Bertz CT molecular complexity index is 117. The van der Waals surface area contributed by atoms with Crippen molar-refractivity contribution in [1.29, 1.82) is 0 Å². The maximum absolute atomic E-state index is 8.89. The topological polar surface area (TPSA) is 29.5 Å². The number of methoxy groups -OCH3 is 1. The first kappa shape index (κ1) is 11.0. The lowest BCUT2D eigenvalue weighted by molar-refractivity contribution is 0.0267. The van der Waals surface area contributed by atoms with Gasteiger partial charge in [0.1, 0.15) is 0 Å². The first-order valence-electron chi connectivity index (χ1n) is 5.52. The van der Waals surface area contributed by atoms with Crippen LogP contribution in [0.4, 0.5) is 0 Å². The number of aliphatic hydroxyl groups is 1. The summed E-state index contributed by atoms with van der Waals surface area (Å²) in [5.41, 5.74) is 0. The van der Waals surface area contributed by atoms with E-state index in [1.165, 1.54) is 38.5 Å². The van der Waals surface area contributed by atoms with E-state index in [1.807, 2.05) is 0 Å². The van der Waals surface area contributed by atoms with Crippen molar-refractivity contribution >= 4 is 0 Å². The van der Waals surface area contributed by atoms with Crippen molar-refractivity contribution in [1.82, 2.24) is 0 Å². The summed E-state index contributed by atoms with van der Waals surface area (Å²) < 4.78 is 5.43. The van der Waals surface area contributed by atoms with Gasteiger partial charge in [0, 0.05) is 13.7 Å². The van der Waals surface area contributed by atoms with Crippen LogP contribution in [-0.2, 0) is 4.74 Å². The van der Waals surface area contributed by atoms with Gasteiger partial charge in [-0.05, 0) is 25.2 Å². The van der Waals surface area contributed by atoms with Crippen LogP contribution >= 0.6 is 0 Å². The number of hydrogen-bond donors (Lipinski definition) is 1. The van der Waals surface area contributed by atoms with Crippen LogP contribution in [0.25, 0.3) is 0 Å². The average Bonchev–Trinajstić information content (AvgIpc) is 2.42.